The van der Waals surface area contributed by atoms with Gasteiger partial charge in [0.1, 0.15) is 12.1 Å². The van der Waals surface area contributed by atoms with Crippen LogP contribution in [0, 0.1) is 5.92 Å². The van der Waals surface area contributed by atoms with Crippen LogP contribution in [-0.4, -0.2) is 68.2 Å². The molecule has 0 bridgehead atoms. The van der Waals surface area contributed by atoms with Gasteiger partial charge < -0.3 is 25.6 Å². The largest absolute Gasteiger partial charge is 0.444 e. The SMILES string of the molecule is CN(C)C(=O)CN=C(NCCc1cccs1)NCC(NC(=O)OC(C)(C)C)C1CC1.I. The van der Waals surface area contributed by atoms with Crippen LogP contribution in [0.2, 0.25) is 0 Å². The zero-order valence-electron chi connectivity index (χ0n) is 19.1. The van der Waals surface area contributed by atoms with E-state index in [0.29, 0.717) is 25.0 Å². The summed E-state index contributed by atoms with van der Waals surface area (Å²) in [5.74, 6) is 0.930. The fraction of sp³-hybridized carbons (Fsp3) is 0.667. The second-order valence-electron chi connectivity index (χ2n) is 8.68. The minimum Gasteiger partial charge on any atom is -0.444 e. The second-order valence-corrected chi connectivity index (χ2v) is 9.71. The van der Waals surface area contributed by atoms with E-state index in [1.807, 2.05) is 26.8 Å². The number of amides is 2. The van der Waals surface area contributed by atoms with Crippen LogP contribution in [-0.2, 0) is 16.0 Å². The molecule has 0 spiro atoms. The fourth-order valence-electron chi connectivity index (χ4n) is 2.72. The maximum Gasteiger partial charge on any atom is 0.407 e. The van der Waals surface area contributed by atoms with Crippen molar-refractivity contribution in [2.24, 2.45) is 10.9 Å². The van der Waals surface area contributed by atoms with Crippen molar-refractivity contribution in [2.75, 3.05) is 33.7 Å². The van der Waals surface area contributed by atoms with Crippen molar-refractivity contribution in [3.05, 3.63) is 22.4 Å². The summed E-state index contributed by atoms with van der Waals surface area (Å²) in [6.45, 7) is 6.83. The number of carbonyl (C=O) groups is 2. The zero-order chi connectivity index (χ0) is 22.1. The fourth-order valence-corrected chi connectivity index (χ4v) is 3.43. The molecule has 31 heavy (non-hydrogen) atoms. The van der Waals surface area contributed by atoms with Gasteiger partial charge in [-0.25, -0.2) is 9.79 Å². The van der Waals surface area contributed by atoms with Crippen LogP contribution in [0.5, 0.6) is 0 Å². The van der Waals surface area contributed by atoms with Gasteiger partial charge in [0.2, 0.25) is 5.91 Å². The Morgan fingerprint density at radius 1 is 1.29 bits per heavy atom. The van der Waals surface area contributed by atoms with Crippen molar-refractivity contribution < 1.29 is 14.3 Å². The Labute approximate surface area is 206 Å². The lowest BCUT2D eigenvalue weighted by Gasteiger charge is -2.24. The van der Waals surface area contributed by atoms with Gasteiger partial charge in [-0.3, -0.25) is 4.79 Å². The maximum atomic E-state index is 12.2. The first-order valence-corrected chi connectivity index (χ1v) is 11.3. The standard InChI is InChI=1S/C21H35N5O3S.HI/c1-21(2,3)29-20(28)25-17(15-8-9-15)13-23-19(24-14-18(27)26(4)5)22-11-10-16-7-6-12-30-16;/h6-7,12,15,17H,8-11,13-14H2,1-5H3,(H,25,28)(H2,22,23,24);1H. The van der Waals surface area contributed by atoms with Gasteiger partial charge in [0.05, 0.1) is 6.04 Å². The molecule has 176 valence electrons. The number of halogens is 1. The smallest absolute Gasteiger partial charge is 0.407 e. The minimum absolute atomic E-state index is 0. The first kappa shape index (κ1) is 27.5. The molecule has 1 fully saturated rings. The lowest BCUT2D eigenvalue weighted by Crippen LogP contribution is -2.49. The summed E-state index contributed by atoms with van der Waals surface area (Å²) >= 11 is 1.72. The van der Waals surface area contributed by atoms with Gasteiger partial charge in [-0.2, -0.15) is 0 Å². The molecule has 3 N–H and O–H groups in total. The van der Waals surface area contributed by atoms with Gasteiger partial charge >= 0.3 is 6.09 Å². The molecule has 0 radical (unpaired) electrons. The summed E-state index contributed by atoms with van der Waals surface area (Å²) in [4.78, 5) is 31.3. The van der Waals surface area contributed by atoms with Gasteiger partial charge in [0, 0.05) is 32.1 Å². The molecule has 0 aromatic carbocycles. The van der Waals surface area contributed by atoms with Crippen molar-refractivity contribution in [2.45, 2.75) is 51.7 Å². The number of likely N-dealkylation sites (N-methyl/N-ethyl adjacent to an activating group) is 1. The van der Waals surface area contributed by atoms with Crippen molar-refractivity contribution in [1.82, 2.24) is 20.9 Å². The minimum atomic E-state index is -0.534. The molecule has 1 aromatic heterocycles. The van der Waals surface area contributed by atoms with E-state index >= 15 is 0 Å². The average molecular weight is 566 g/mol. The third kappa shape index (κ3) is 11.6. The number of nitrogens with zero attached hydrogens (tertiary/aromatic N) is 2. The molecule has 1 aliphatic carbocycles. The van der Waals surface area contributed by atoms with Gasteiger partial charge in [-0.15, -0.1) is 35.3 Å². The van der Waals surface area contributed by atoms with Gasteiger partial charge in [0.25, 0.3) is 0 Å². The number of hydrogen-bond donors (Lipinski definition) is 3. The number of guanidine groups is 1. The second kappa shape index (κ2) is 13.1. The van der Waals surface area contributed by atoms with Crippen molar-refractivity contribution in [3.63, 3.8) is 0 Å². The van der Waals surface area contributed by atoms with Crippen molar-refractivity contribution in [3.8, 4) is 0 Å². The third-order valence-corrected chi connectivity index (χ3v) is 5.43. The number of aliphatic imine (C=N–C) groups is 1. The molecule has 1 aromatic rings. The number of rotatable bonds is 9. The Hall–Kier alpha value is -1.56. The lowest BCUT2D eigenvalue weighted by molar-refractivity contribution is -0.127. The Morgan fingerprint density at radius 3 is 2.55 bits per heavy atom. The highest BCUT2D eigenvalue weighted by molar-refractivity contribution is 14.0. The third-order valence-electron chi connectivity index (χ3n) is 4.50. The number of ether oxygens (including phenoxy) is 1. The molecule has 2 rings (SSSR count). The summed E-state index contributed by atoms with van der Waals surface area (Å²) in [5.41, 5.74) is -0.534. The molecular formula is C21H36IN5O3S. The molecule has 2 amide bonds. The van der Waals surface area contributed by atoms with Gasteiger partial charge in [-0.05, 0) is 57.4 Å². The molecule has 1 saturated carbocycles. The van der Waals surface area contributed by atoms with E-state index in [2.05, 4.69) is 32.4 Å². The van der Waals surface area contributed by atoms with Gasteiger partial charge in [0.15, 0.2) is 5.96 Å². The summed E-state index contributed by atoms with van der Waals surface area (Å²) in [5, 5.41) is 11.6. The van der Waals surface area contributed by atoms with E-state index in [1.54, 1.807) is 25.4 Å². The molecule has 1 heterocycles. The quantitative estimate of drug-likeness (QED) is 0.243. The molecular weight excluding hydrogens is 529 g/mol. The molecule has 0 aliphatic heterocycles. The van der Waals surface area contributed by atoms with Crippen LogP contribution < -0.4 is 16.0 Å². The molecule has 1 unspecified atom stereocenters. The number of alkyl carbamates (subject to hydrolysis) is 1. The lowest BCUT2D eigenvalue weighted by atomic mass is 10.2. The van der Waals surface area contributed by atoms with Crippen LogP contribution >= 0.6 is 35.3 Å². The van der Waals surface area contributed by atoms with Crippen LogP contribution in [0.3, 0.4) is 0 Å². The van der Waals surface area contributed by atoms with Crippen LogP contribution in [0.1, 0.15) is 38.5 Å². The topological polar surface area (TPSA) is 95.1 Å². The number of carbonyl (C=O) groups excluding carboxylic acids is 2. The predicted molar refractivity (Wildman–Crippen MR) is 136 cm³/mol. The van der Waals surface area contributed by atoms with Gasteiger partial charge in [-0.1, -0.05) is 6.07 Å². The van der Waals surface area contributed by atoms with Crippen molar-refractivity contribution >= 4 is 53.3 Å². The number of hydrogen-bond acceptors (Lipinski definition) is 5. The maximum absolute atomic E-state index is 12.2. The molecule has 1 atom stereocenters. The van der Waals surface area contributed by atoms with E-state index in [-0.39, 0.29) is 42.5 Å². The van der Waals surface area contributed by atoms with Crippen LogP contribution in [0.4, 0.5) is 4.79 Å². The first-order valence-electron chi connectivity index (χ1n) is 10.4. The number of thiophene rings is 1. The van der Waals surface area contributed by atoms with E-state index in [0.717, 1.165) is 19.3 Å². The van der Waals surface area contributed by atoms with E-state index < -0.39 is 11.7 Å². The highest BCUT2D eigenvalue weighted by Gasteiger charge is 2.33. The summed E-state index contributed by atoms with van der Waals surface area (Å²) in [6, 6.07) is 4.08. The first-order chi connectivity index (χ1) is 14.1. The van der Waals surface area contributed by atoms with Crippen LogP contribution in [0.15, 0.2) is 22.5 Å². The monoisotopic (exact) mass is 565 g/mol. The van der Waals surface area contributed by atoms with E-state index in [1.165, 1.54) is 9.78 Å². The van der Waals surface area contributed by atoms with E-state index in [4.69, 9.17) is 4.74 Å². The molecule has 1 aliphatic rings. The normalized spacial score (nSPS) is 14.8. The summed E-state index contributed by atoms with van der Waals surface area (Å²) in [7, 11) is 3.42. The Morgan fingerprint density at radius 2 is 2.00 bits per heavy atom. The summed E-state index contributed by atoms with van der Waals surface area (Å²) in [6.07, 6.45) is 2.63. The van der Waals surface area contributed by atoms with Crippen LogP contribution in [0.25, 0.3) is 0 Å². The highest BCUT2D eigenvalue weighted by atomic mass is 127. The predicted octanol–water partition coefficient (Wildman–Crippen LogP) is 2.84. The van der Waals surface area contributed by atoms with Crippen molar-refractivity contribution in [1.29, 1.82) is 0 Å². The zero-order valence-corrected chi connectivity index (χ0v) is 22.2. The number of nitrogens with one attached hydrogen (secondary N) is 3. The molecule has 10 heteroatoms. The Bertz CT molecular complexity index is 715. The Balaban J connectivity index is 0.00000480. The molecule has 0 saturated heterocycles. The summed E-state index contributed by atoms with van der Waals surface area (Å²) < 4.78 is 5.39. The average Bonchev–Trinajstić information content (AvgIpc) is 3.36. The Kier molecular flexibility index (Phi) is 11.6. The van der Waals surface area contributed by atoms with E-state index in [9.17, 15) is 9.59 Å². The molecule has 8 nitrogen and oxygen atoms in total. The highest BCUT2D eigenvalue weighted by Crippen LogP contribution is 2.32.